The minimum Gasteiger partial charge on any atom is -0.343 e. The molecule has 2 unspecified atom stereocenters. The van der Waals surface area contributed by atoms with Crippen molar-refractivity contribution >= 4 is 34.3 Å². The van der Waals surface area contributed by atoms with Crippen LogP contribution in [0.3, 0.4) is 0 Å². The zero-order chi connectivity index (χ0) is 26.6. The maximum atomic E-state index is 13.2. The summed E-state index contributed by atoms with van der Waals surface area (Å²) in [7, 11) is 0. The number of hydrogen-bond donors (Lipinski definition) is 5. The zero-order valence-electron chi connectivity index (χ0n) is 20.8. The van der Waals surface area contributed by atoms with Gasteiger partial charge in [0.15, 0.2) is 0 Å². The monoisotopic (exact) mass is 505 g/mol. The summed E-state index contributed by atoms with van der Waals surface area (Å²) in [4.78, 5) is 44.5. The molecule has 10 nitrogen and oxygen atoms in total. The summed E-state index contributed by atoms with van der Waals surface area (Å²) in [5, 5.41) is 7.40. The van der Waals surface area contributed by atoms with E-state index in [1.54, 1.807) is 12.3 Å². The van der Waals surface area contributed by atoms with Gasteiger partial charge in [0, 0.05) is 37.8 Å². The van der Waals surface area contributed by atoms with Crippen molar-refractivity contribution in [1.29, 1.82) is 0 Å². The van der Waals surface area contributed by atoms with E-state index in [0.29, 0.717) is 31.7 Å². The van der Waals surface area contributed by atoms with Gasteiger partial charge in [0.25, 0.3) is 0 Å². The van der Waals surface area contributed by atoms with E-state index < -0.39 is 23.9 Å². The molecule has 2 atom stereocenters. The van der Waals surface area contributed by atoms with Gasteiger partial charge in [-0.2, -0.15) is 0 Å². The Kier molecular flexibility index (Phi) is 10.5. The van der Waals surface area contributed by atoms with Crippen LogP contribution >= 0.6 is 0 Å². The van der Waals surface area contributed by atoms with Crippen LogP contribution in [0.4, 0.5) is 5.82 Å². The van der Waals surface area contributed by atoms with Gasteiger partial charge >= 0.3 is 0 Å². The lowest BCUT2D eigenvalue weighted by Gasteiger charge is -2.24. The van der Waals surface area contributed by atoms with E-state index in [0.717, 1.165) is 16.3 Å². The van der Waals surface area contributed by atoms with E-state index in [-0.39, 0.29) is 25.4 Å². The molecule has 3 aromatic rings. The smallest absolute Gasteiger partial charge is 0.248 e. The number of nitrogens with two attached hydrogens (primary N) is 3. The molecular formula is C27H35N7O3. The Labute approximate surface area is 216 Å². The second-order valence-electron chi connectivity index (χ2n) is 8.76. The third-order valence-electron chi connectivity index (χ3n) is 5.96. The molecule has 0 fully saturated rings. The lowest BCUT2D eigenvalue weighted by molar-refractivity contribution is -0.134. The molecule has 1 aromatic heterocycles. The van der Waals surface area contributed by atoms with Crippen LogP contribution in [0.15, 0.2) is 66.9 Å². The van der Waals surface area contributed by atoms with Crippen LogP contribution in [0.5, 0.6) is 0 Å². The maximum absolute atomic E-state index is 13.2. The number of carbonyl (C=O) groups is 3. The van der Waals surface area contributed by atoms with Crippen molar-refractivity contribution in [2.24, 2.45) is 17.2 Å². The van der Waals surface area contributed by atoms with Crippen LogP contribution in [0.2, 0.25) is 0 Å². The molecule has 0 saturated heterocycles. The van der Waals surface area contributed by atoms with Gasteiger partial charge in [-0.1, -0.05) is 54.6 Å². The molecule has 0 aliphatic rings. The number of fused-ring (bicyclic) bond motifs is 1. The topological polar surface area (TPSA) is 169 Å². The largest absolute Gasteiger partial charge is 0.343 e. The lowest BCUT2D eigenvalue weighted by atomic mass is 10.0. The first-order chi connectivity index (χ1) is 17.9. The van der Waals surface area contributed by atoms with Gasteiger partial charge in [0.1, 0.15) is 11.9 Å². The number of nitrogens with one attached hydrogen (secondary N) is 2. The number of anilines is 1. The van der Waals surface area contributed by atoms with Gasteiger partial charge in [-0.25, -0.2) is 4.98 Å². The first-order valence-corrected chi connectivity index (χ1v) is 12.3. The van der Waals surface area contributed by atoms with Crippen LogP contribution in [0.1, 0.15) is 18.4 Å². The van der Waals surface area contributed by atoms with Gasteiger partial charge in [-0.15, -0.1) is 0 Å². The fraction of sp³-hybridized carbons (Fsp3) is 0.333. The van der Waals surface area contributed by atoms with Gasteiger partial charge in [-0.05, 0) is 29.9 Å². The molecule has 1 heterocycles. The number of aromatic nitrogens is 1. The van der Waals surface area contributed by atoms with Crippen LogP contribution < -0.4 is 27.8 Å². The Balaban J connectivity index is 1.69. The van der Waals surface area contributed by atoms with Crippen LogP contribution in [0, 0.1) is 0 Å². The van der Waals surface area contributed by atoms with Crippen LogP contribution in [-0.4, -0.2) is 65.9 Å². The second kappa shape index (κ2) is 14.0. The van der Waals surface area contributed by atoms with Gasteiger partial charge in [-0.3, -0.25) is 14.4 Å². The van der Waals surface area contributed by atoms with Crippen molar-refractivity contribution in [3.05, 3.63) is 72.4 Å². The van der Waals surface area contributed by atoms with E-state index in [2.05, 4.69) is 15.6 Å². The number of amides is 3. The fourth-order valence-corrected chi connectivity index (χ4v) is 3.95. The van der Waals surface area contributed by atoms with Gasteiger partial charge in [0.2, 0.25) is 17.7 Å². The zero-order valence-corrected chi connectivity index (χ0v) is 20.8. The minimum absolute atomic E-state index is 0.217. The Morgan fingerprint density at radius 1 is 0.892 bits per heavy atom. The van der Waals surface area contributed by atoms with Crippen molar-refractivity contribution in [3.8, 4) is 0 Å². The molecule has 3 rings (SSSR count). The molecule has 0 radical (unpaired) electrons. The number of carbonyl (C=O) groups excluding carboxylic acids is 3. The highest BCUT2D eigenvalue weighted by atomic mass is 16.2. The van der Waals surface area contributed by atoms with Crippen molar-refractivity contribution in [3.63, 3.8) is 0 Å². The van der Waals surface area contributed by atoms with E-state index >= 15 is 0 Å². The van der Waals surface area contributed by atoms with E-state index in [4.69, 9.17) is 17.2 Å². The Bertz CT molecular complexity index is 1180. The number of aryl methyl sites for hydroxylation is 1. The molecule has 0 bridgehead atoms. The second-order valence-corrected chi connectivity index (χ2v) is 8.76. The first-order valence-electron chi connectivity index (χ1n) is 12.3. The molecule has 0 saturated carbocycles. The molecular weight excluding hydrogens is 470 g/mol. The molecule has 0 spiro atoms. The summed E-state index contributed by atoms with van der Waals surface area (Å²) in [6.45, 7) is 1.20. The van der Waals surface area contributed by atoms with E-state index in [1.807, 2.05) is 54.6 Å². The molecule has 2 aromatic carbocycles. The molecule has 0 aliphatic carbocycles. The Hall–Kier alpha value is -3.86. The van der Waals surface area contributed by atoms with Gasteiger partial charge < -0.3 is 32.7 Å². The Morgan fingerprint density at radius 3 is 2.22 bits per heavy atom. The highest BCUT2D eigenvalue weighted by Crippen LogP contribution is 2.17. The SMILES string of the molecule is NCCN(CCN)C(=O)CC(N)C(=O)NC(CCc1ccccc1)C(=O)Nc1cc2ccccc2cn1. The maximum Gasteiger partial charge on any atom is 0.248 e. The number of hydrogen-bond acceptors (Lipinski definition) is 7. The number of pyridine rings is 1. The van der Waals surface area contributed by atoms with Crippen molar-refractivity contribution in [2.75, 3.05) is 31.5 Å². The third kappa shape index (κ3) is 8.35. The lowest BCUT2D eigenvalue weighted by Crippen LogP contribution is -2.52. The predicted molar refractivity (Wildman–Crippen MR) is 144 cm³/mol. The number of rotatable bonds is 13. The molecule has 3 amide bonds. The number of nitrogens with zero attached hydrogens (tertiary/aromatic N) is 2. The fourth-order valence-electron chi connectivity index (χ4n) is 3.95. The van der Waals surface area contributed by atoms with Crippen molar-refractivity contribution in [1.82, 2.24) is 15.2 Å². The van der Waals surface area contributed by atoms with Crippen molar-refractivity contribution in [2.45, 2.75) is 31.3 Å². The van der Waals surface area contributed by atoms with E-state index in [1.165, 1.54) is 4.90 Å². The highest BCUT2D eigenvalue weighted by Gasteiger charge is 2.26. The number of benzene rings is 2. The molecule has 10 heteroatoms. The van der Waals surface area contributed by atoms with Crippen LogP contribution in [-0.2, 0) is 20.8 Å². The quantitative estimate of drug-likeness (QED) is 0.228. The summed E-state index contributed by atoms with van der Waals surface area (Å²) in [6.07, 6.45) is 2.35. The summed E-state index contributed by atoms with van der Waals surface area (Å²) >= 11 is 0. The average Bonchev–Trinajstić information content (AvgIpc) is 2.91. The molecule has 8 N–H and O–H groups in total. The molecule has 196 valence electrons. The predicted octanol–water partition coefficient (Wildman–Crippen LogP) is 0.754. The Morgan fingerprint density at radius 2 is 1.54 bits per heavy atom. The standard InChI is InChI=1S/C27H35N7O3/c28-12-14-34(15-13-29)25(35)17-22(30)26(36)32-23(11-10-19-6-2-1-3-7-19)27(37)33-24-16-20-8-4-5-9-21(20)18-31-24/h1-9,16,18,22-23H,10-15,17,28-30H2,(H,32,36)(H,31,33,37). The average molecular weight is 506 g/mol. The highest BCUT2D eigenvalue weighted by molar-refractivity contribution is 5.99. The van der Waals surface area contributed by atoms with Gasteiger partial charge in [0.05, 0.1) is 12.5 Å². The molecule has 0 aliphatic heterocycles. The summed E-state index contributed by atoms with van der Waals surface area (Å²) in [6, 6.07) is 17.1. The van der Waals surface area contributed by atoms with Crippen LogP contribution in [0.25, 0.3) is 10.8 Å². The third-order valence-corrected chi connectivity index (χ3v) is 5.96. The summed E-state index contributed by atoms with van der Waals surface area (Å²) < 4.78 is 0. The minimum atomic E-state index is -1.13. The van der Waals surface area contributed by atoms with E-state index in [9.17, 15) is 14.4 Å². The summed E-state index contributed by atoms with van der Waals surface area (Å²) in [5.41, 5.74) is 18.2. The van der Waals surface area contributed by atoms with Crippen molar-refractivity contribution < 1.29 is 14.4 Å². The molecule has 37 heavy (non-hydrogen) atoms. The first kappa shape index (κ1) is 27.7. The normalized spacial score (nSPS) is 12.5. The summed E-state index contributed by atoms with van der Waals surface area (Å²) in [5.74, 6) is -0.947.